The molecule has 0 heterocycles. The van der Waals surface area contributed by atoms with E-state index in [-0.39, 0.29) is 11.8 Å². The number of hydrogen-bond donors (Lipinski definition) is 1. The minimum Gasteiger partial charge on any atom is -0.497 e. The van der Waals surface area contributed by atoms with Gasteiger partial charge in [-0.05, 0) is 24.6 Å². The van der Waals surface area contributed by atoms with Gasteiger partial charge in [0.15, 0.2) is 0 Å². The third-order valence-corrected chi connectivity index (χ3v) is 2.32. The molecule has 0 aliphatic carbocycles. The zero-order valence-electron chi connectivity index (χ0n) is 10.2. The molecule has 1 aromatic rings. The molecule has 0 aliphatic rings. The quantitative estimate of drug-likeness (QED) is 0.783. The van der Waals surface area contributed by atoms with Crippen LogP contribution in [0.3, 0.4) is 0 Å². The molecule has 0 spiro atoms. The van der Waals surface area contributed by atoms with E-state index in [2.05, 4.69) is 5.43 Å². The summed E-state index contributed by atoms with van der Waals surface area (Å²) in [5, 5.41) is 1.64. The van der Waals surface area contributed by atoms with E-state index < -0.39 is 0 Å². The lowest BCUT2D eigenvalue weighted by Crippen LogP contribution is -2.38. The molecule has 0 saturated heterocycles. The predicted octanol–water partition coefficient (Wildman–Crippen LogP) is 1.39. The Morgan fingerprint density at radius 2 is 2.12 bits per heavy atom. The van der Waals surface area contributed by atoms with Crippen LogP contribution in [-0.4, -0.2) is 32.1 Å². The first-order chi connectivity index (χ1) is 7.54. The van der Waals surface area contributed by atoms with Crippen molar-refractivity contribution in [1.29, 1.82) is 0 Å². The third kappa shape index (κ3) is 3.24. The van der Waals surface area contributed by atoms with Crippen LogP contribution in [0.4, 0.5) is 0 Å². The largest absolute Gasteiger partial charge is 0.497 e. The summed E-state index contributed by atoms with van der Waals surface area (Å²) in [6.45, 7) is 1.87. The summed E-state index contributed by atoms with van der Waals surface area (Å²) < 4.78 is 5.12. The molecular formula is C12H18N2O2. The van der Waals surface area contributed by atoms with Crippen molar-refractivity contribution in [2.75, 3.05) is 21.2 Å². The first kappa shape index (κ1) is 12.5. The van der Waals surface area contributed by atoms with E-state index in [0.717, 1.165) is 11.3 Å². The van der Waals surface area contributed by atoms with E-state index >= 15 is 0 Å². The fraction of sp³-hybridized carbons (Fsp3) is 0.417. The van der Waals surface area contributed by atoms with Gasteiger partial charge in [0, 0.05) is 14.1 Å². The number of nitrogens with zero attached hydrogens (tertiary/aromatic N) is 1. The van der Waals surface area contributed by atoms with Gasteiger partial charge in [-0.15, -0.1) is 0 Å². The zero-order chi connectivity index (χ0) is 12.1. The van der Waals surface area contributed by atoms with Gasteiger partial charge < -0.3 is 4.74 Å². The van der Waals surface area contributed by atoms with Crippen LogP contribution in [0, 0.1) is 0 Å². The van der Waals surface area contributed by atoms with Gasteiger partial charge in [0.1, 0.15) is 5.75 Å². The Kier molecular flexibility index (Phi) is 4.31. The van der Waals surface area contributed by atoms with Crippen LogP contribution < -0.4 is 10.2 Å². The number of amides is 1. The minimum absolute atomic E-state index is 0.0294. The number of carbonyl (C=O) groups is 1. The molecule has 1 unspecified atom stereocenters. The molecule has 1 N–H and O–H groups in total. The standard InChI is InChI=1S/C12H18N2O2/c1-9(12(15)13-14(2)3)10-6-5-7-11(8-10)16-4/h5-9H,1-4H3,(H,13,15). The number of rotatable bonds is 4. The Bertz CT molecular complexity index is 364. The van der Waals surface area contributed by atoms with Crippen LogP contribution in [0.25, 0.3) is 0 Å². The Labute approximate surface area is 96.2 Å². The topological polar surface area (TPSA) is 41.6 Å². The second-order valence-corrected chi connectivity index (χ2v) is 3.87. The molecule has 88 valence electrons. The first-order valence-electron chi connectivity index (χ1n) is 5.16. The Morgan fingerprint density at radius 1 is 1.44 bits per heavy atom. The van der Waals surface area contributed by atoms with E-state index in [1.54, 1.807) is 26.2 Å². The molecule has 0 bridgehead atoms. The molecule has 0 saturated carbocycles. The maximum Gasteiger partial charge on any atom is 0.241 e. The van der Waals surface area contributed by atoms with Crippen molar-refractivity contribution in [3.8, 4) is 5.75 Å². The summed E-state index contributed by atoms with van der Waals surface area (Å²) >= 11 is 0. The Balaban J connectivity index is 2.79. The van der Waals surface area contributed by atoms with Crippen LogP contribution in [0.1, 0.15) is 18.4 Å². The van der Waals surface area contributed by atoms with Crippen molar-refractivity contribution in [3.05, 3.63) is 29.8 Å². The van der Waals surface area contributed by atoms with Crippen molar-refractivity contribution in [1.82, 2.24) is 10.4 Å². The second-order valence-electron chi connectivity index (χ2n) is 3.87. The van der Waals surface area contributed by atoms with Crippen LogP contribution in [0.2, 0.25) is 0 Å². The van der Waals surface area contributed by atoms with Gasteiger partial charge in [-0.25, -0.2) is 5.01 Å². The summed E-state index contributed by atoms with van der Waals surface area (Å²) in [7, 11) is 5.19. The van der Waals surface area contributed by atoms with Crippen molar-refractivity contribution < 1.29 is 9.53 Å². The number of hydrazine groups is 1. The summed E-state index contributed by atoms with van der Waals surface area (Å²) in [6, 6.07) is 7.54. The molecule has 0 radical (unpaired) electrons. The van der Waals surface area contributed by atoms with Gasteiger partial charge in [0.05, 0.1) is 13.0 Å². The van der Waals surface area contributed by atoms with Crippen LogP contribution in [-0.2, 0) is 4.79 Å². The Morgan fingerprint density at radius 3 is 2.69 bits per heavy atom. The van der Waals surface area contributed by atoms with Crippen molar-refractivity contribution in [2.45, 2.75) is 12.8 Å². The second kappa shape index (κ2) is 5.51. The lowest BCUT2D eigenvalue weighted by atomic mass is 10.0. The lowest BCUT2D eigenvalue weighted by Gasteiger charge is -2.17. The summed E-state index contributed by atoms with van der Waals surface area (Å²) in [4.78, 5) is 11.8. The molecule has 0 aliphatic heterocycles. The maximum absolute atomic E-state index is 11.8. The minimum atomic E-state index is -0.197. The molecule has 1 atom stereocenters. The van der Waals surface area contributed by atoms with Gasteiger partial charge in [0.2, 0.25) is 5.91 Å². The molecular weight excluding hydrogens is 204 g/mol. The highest BCUT2D eigenvalue weighted by Gasteiger charge is 2.15. The highest BCUT2D eigenvalue weighted by atomic mass is 16.5. The summed E-state index contributed by atoms with van der Waals surface area (Å²) in [6.07, 6.45) is 0. The molecule has 1 rings (SSSR count). The molecule has 16 heavy (non-hydrogen) atoms. The molecule has 1 amide bonds. The molecule has 4 heteroatoms. The number of carbonyl (C=O) groups excluding carboxylic acids is 1. The number of nitrogens with one attached hydrogen (secondary N) is 1. The third-order valence-electron chi connectivity index (χ3n) is 2.32. The lowest BCUT2D eigenvalue weighted by molar-refractivity contribution is -0.125. The van der Waals surface area contributed by atoms with Crippen molar-refractivity contribution in [2.24, 2.45) is 0 Å². The number of benzene rings is 1. The molecule has 4 nitrogen and oxygen atoms in total. The first-order valence-corrected chi connectivity index (χ1v) is 5.16. The van der Waals surface area contributed by atoms with Crippen LogP contribution >= 0.6 is 0 Å². The average Bonchev–Trinajstić information content (AvgIpc) is 2.27. The van der Waals surface area contributed by atoms with Gasteiger partial charge in [-0.1, -0.05) is 12.1 Å². The van der Waals surface area contributed by atoms with Gasteiger partial charge in [-0.2, -0.15) is 0 Å². The molecule has 0 aromatic heterocycles. The highest BCUT2D eigenvalue weighted by Crippen LogP contribution is 2.20. The SMILES string of the molecule is COc1cccc(C(C)C(=O)NN(C)C)c1. The van der Waals surface area contributed by atoms with Crippen molar-refractivity contribution in [3.63, 3.8) is 0 Å². The van der Waals surface area contributed by atoms with Gasteiger partial charge in [-0.3, -0.25) is 10.2 Å². The fourth-order valence-electron chi connectivity index (χ4n) is 1.38. The summed E-state index contributed by atoms with van der Waals surface area (Å²) in [5.41, 5.74) is 3.68. The smallest absolute Gasteiger partial charge is 0.241 e. The number of methoxy groups -OCH3 is 1. The van der Waals surface area contributed by atoms with Crippen molar-refractivity contribution >= 4 is 5.91 Å². The van der Waals surface area contributed by atoms with E-state index in [1.807, 2.05) is 31.2 Å². The zero-order valence-corrected chi connectivity index (χ0v) is 10.2. The van der Waals surface area contributed by atoms with E-state index in [1.165, 1.54) is 0 Å². The van der Waals surface area contributed by atoms with E-state index in [0.29, 0.717) is 0 Å². The predicted molar refractivity (Wildman–Crippen MR) is 63.2 cm³/mol. The van der Waals surface area contributed by atoms with Crippen LogP contribution in [0.15, 0.2) is 24.3 Å². The van der Waals surface area contributed by atoms with E-state index in [4.69, 9.17) is 4.74 Å². The fourth-order valence-corrected chi connectivity index (χ4v) is 1.38. The molecule has 0 fully saturated rings. The Hall–Kier alpha value is -1.55. The van der Waals surface area contributed by atoms with Gasteiger partial charge in [0.25, 0.3) is 0 Å². The van der Waals surface area contributed by atoms with Crippen LogP contribution in [0.5, 0.6) is 5.75 Å². The molecule has 1 aromatic carbocycles. The average molecular weight is 222 g/mol. The van der Waals surface area contributed by atoms with E-state index in [9.17, 15) is 4.79 Å². The normalized spacial score (nSPS) is 12.3. The maximum atomic E-state index is 11.8. The number of hydrogen-bond acceptors (Lipinski definition) is 3. The highest BCUT2D eigenvalue weighted by molar-refractivity contribution is 5.82. The number of ether oxygens (including phenoxy) is 1. The monoisotopic (exact) mass is 222 g/mol. The summed E-state index contributed by atoms with van der Waals surface area (Å²) in [5.74, 6) is 0.540. The van der Waals surface area contributed by atoms with Gasteiger partial charge >= 0.3 is 0 Å².